The first kappa shape index (κ1) is 8.97. The van der Waals surface area contributed by atoms with E-state index in [0.717, 1.165) is 0 Å². The molecule has 0 aromatic carbocycles. The maximum absolute atomic E-state index is 11.4. The first-order valence-corrected chi connectivity index (χ1v) is 5.07. The van der Waals surface area contributed by atoms with Crippen LogP contribution in [0.15, 0.2) is 15.0 Å². The first-order valence-electron chi connectivity index (χ1n) is 4.24. The third kappa shape index (κ3) is 1.26. The largest absolute Gasteiger partial charge is 0.331 e. The summed E-state index contributed by atoms with van der Waals surface area (Å²) >= 11 is 1.17. The average Bonchev–Trinajstić information content (AvgIpc) is 2.82. The van der Waals surface area contributed by atoms with Crippen molar-refractivity contribution in [1.29, 1.82) is 0 Å². The van der Waals surface area contributed by atoms with Gasteiger partial charge in [-0.05, 0) is 11.5 Å². The molecule has 0 aliphatic carbocycles. The summed E-state index contributed by atoms with van der Waals surface area (Å²) in [6, 6.07) is 0. The number of nitrogens with one attached hydrogen (secondary N) is 3. The molecule has 0 spiro atoms. The topological polar surface area (TPSA) is 120 Å². The van der Waals surface area contributed by atoms with E-state index in [1.54, 1.807) is 5.38 Å². The minimum atomic E-state index is -0.591. The predicted molar refractivity (Wildman–Crippen MR) is 56.2 cm³/mol. The zero-order valence-corrected chi connectivity index (χ0v) is 8.46. The molecule has 0 bridgehead atoms. The number of aromatic amines is 3. The molecule has 0 amide bonds. The Balaban J connectivity index is 2.36. The van der Waals surface area contributed by atoms with E-state index in [1.807, 2.05) is 0 Å². The summed E-state index contributed by atoms with van der Waals surface area (Å²) in [7, 11) is 0. The Kier molecular flexibility index (Phi) is 1.74. The lowest BCUT2D eigenvalue weighted by atomic mass is 10.5. The molecular weight excluding hydrogens is 232 g/mol. The molecule has 0 aliphatic rings. The normalized spacial score (nSPS) is 11.0. The van der Waals surface area contributed by atoms with Gasteiger partial charge in [0.15, 0.2) is 11.5 Å². The Morgan fingerprint density at radius 1 is 1.19 bits per heavy atom. The number of aromatic nitrogens is 6. The van der Waals surface area contributed by atoms with Crippen LogP contribution in [0.4, 0.5) is 0 Å². The Labute approximate surface area is 90.6 Å². The Morgan fingerprint density at radius 3 is 2.81 bits per heavy atom. The number of nitrogens with zero attached hydrogens (tertiary/aromatic N) is 3. The van der Waals surface area contributed by atoms with Crippen LogP contribution in [0.2, 0.25) is 0 Å². The van der Waals surface area contributed by atoms with Crippen molar-refractivity contribution in [2.45, 2.75) is 0 Å². The zero-order valence-electron chi connectivity index (χ0n) is 7.64. The van der Waals surface area contributed by atoms with Crippen LogP contribution in [0.1, 0.15) is 0 Å². The second-order valence-electron chi connectivity index (χ2n) is 3.01. The SMILES string of the molecule is O=c1[nH]c(=O)c2[nH]c(-c3csnn3)nc2[nH]1. The molecule has 0 atom stereocenters. The van der Waals surface area contributed by atoms with Gasteiger partial charge in [0.05, 0.1) is 0 Å². The highest BCUT2D eigenvalue weighted by Gasteiger charge is 2.10. The van der Waals surface area contributed by atoms with Crippen molar-refractivity contribution in [3.8, 4) is 11.5 Å². The number of hydrogen-bond acceptors (Lipinski definition) is 6. The highest BCUT2D eigenvalue weighted by Crippen LogP contribution is 2.14. The van der Waals surface area contributed by atoms with Gasteiger partial charge in [0.2, 0.25) is 0 Å². The van der Waals surface area contributed by atoms with Crippen LogP contribution in [-0.4, -0.2) is 29.5 Å². The molecule has 3 aromatic heterocycles. The average molecular weight is 236 g/mol. The zero-order chi connectivity index (χ0) is 11.1. The molecule has 0 unspecified atom stereocenters. The molecule has 80 valence electrons. The fraction of sp³-hybridized carbons (Fsp3) is 0. The maximum atomic E-state index is 11.4. The van der Waals surface area contributed by atoms with Gasteiger partial charge in [0, 0.05) is 5.38 Å². The van der Waals surface area contributed by atoms with Crippen molar-refractivity contribution in [1.82, 2.24) is 29.5 Å². The van der Waals surface area contributed by atoms with Crippen LogP contribution in [0.5, 0.6) is 0 Å². The number of rotatable bonds is 1. The second kappa shape index (κ2) is 3.10. The third-order valence-electron chi connectivity index (χ3n) is 1.99. The molecule has 8 nitrogen and oxygen atoms in total. The lowest BCUT2D eigenvalue weighted by molar-refractivity contribution is 1.07. The van der Waals surface area contributed by atoms with Crippen molar-refractivity contribution >= 4 is 22.7 Å². The van der Waals surface area contributed by atoms with Crippen LogP contribution in [0, 0.1) is 0 Å². The van der Waals surface area contributed by atoms with Gasteiger partial charge < -0.3 is 4.98 Å². The van der Waals surface area contributed by atoms with Crippen LogP contribution < -0.4 is 11.2 Å². The highest BCUT2D eigenvalue weighted by molar-refractivity contribution is 7.03. The van der Waals surface area contributed by atoms with Gasteiger partial charge >= 0.3 is 5.69 Å². The van der Waals surface area contributed by atoms with Crippen molar-refractivity contribution in [2.24, 2.45) is 0 Å². The molecule has 16 heavy (non-hydrogen) atoms. The van der Waals surface area contributed by atoms with Crippen molar-refractivity contribution in [3.63, 3.8) is 0 Å². The van der Waals surface area contributed by atoms with Crippen LogP contribution >= 0.6 is 11.5 Å². The summed E-state index contributed by atoms with van der Waals surface area (Å²) in [5.74, 6) is 0.399. The van der Waals surface area contributed by atoms with Crippen LogP contribution in [0.3, 0.4) is 0 Å². The van der Waals surface area contributed by atoms with E-state index >= 15 is 0 Å². The molecule has 3 heterocycles. The molecule has 9 heteroatoms. The van der Waals surface area contributed by atoms with Gasteiger partial charge in [0.1, 0.15) is 11.2 Å². The van der Waals surface area contributed by atoms with E-state index in [9.17, 15) is 9.59 Å². The molecule has 0 fully saturated rings. The van der Waals surface area contributed by atoms with Gasteiger partial charge in [0.25, 0.3) is 5.56 Å². The molecule has 0 radical (unpaired) electrons. The van der Waals surface area contributed by atoms with E-state index < -0.39 is 11.2 Å². The number of hydrogen-bond donors (Lipinski definition) is 3. The third-order valence-corrected chi connectivity index (χ3v) is 2.50. The first-order chi connectivity index (χ1) is 7.74. The van der Waals surface area contributed by atoms with Crippen LogP contribution in [-0.2, 0) is 0 Å². The van der Waals surface area contributed by atoms with E-state index in [0.29, 0.717) is 11.5 Å². The van der Waals surface area contributed by atoms with E-state index in [-0.39, 0.29) is 11.2 Å². The Morgan fingerprint density at radius 2 is 2.06 bits per heavy atom. The summed E-state index contributed by atoms with van der Waals surface area (Å²) < 4.78 is 3.68. The second-order valence-corrected chi connectivity index (χ2v) is 3.62. The Hall–Kier alpha value is -2.29. The van der Waals surface area contributed by atoms with E-state index in [2.05, 4.69) is 29.5 Å². The van der Waals surface area contributed by atoms with Crippen molar-refractivity contribution in [2.75, 3.05) is 0 Å². The van der Waals surface area contributed by atoms with Crippen LogP contribution in [0.25, 0.3) is 22.7 Å². The quantitative estimate of drug-likeness (QED) is 0.524. The number of H-pyrrole nitrogens is 3. The van der Waals surface area contributed by atoms with Gasteiger partial charge in [-0.15, -0.1) is 5.10 Å². The van der Waals surface area contributed by atoms with E-state index in [1.165, 1.54) is 11.5 Å². The van der Waals surface area contributed by atoms with Gasteiger partial charge in [-0.25, -0.2) is 9.78 Å². The van der Waals surface area contributed by atoms with Crippen molar-refractivity contribution in [3.05, 3.63) is 26.2 Å². The molecular formula is C7H4N6O2S. The van der Waals surface area contributed by atoms with Gasteiger partial charge in [-0.3, -0.25) is 14.8 Å². The molecule has 3 rings (SSSR count). The standard InChI is InChI=1S/C7H4N6O2S/c14-6-3-5(10-7(15)11-6)9-4(8-3)2-1-16-13-12-2/h1H,(H3,8,9,10,11,14,15). The summed E-state index contributed by atoms with van der Waals surface area (Å²) in [6.07, 6.45) is 0. The lowest BCUT2D eigenvalue weighted by Crippen LogP contribution is -2.21. The fourth-order valence-corrected chi connectivity index (χ4v) is 1.76. The van der Waals surface area contributed by atoms with Crippen molar-refractivity contribution < 1.29 is 0 Å². The smallest absolute Gasteiger partial charge is 0.327 e. The maximum Gasteiger partial charge on any atom is 0.327 e. The monoisotopic (exact) mass is 236 g/mol. The highest BCUT2D eigenvalue weighted by atomic mass is 32.1. The number of imidazole rings is 1. The molecule has 3 aromatic rings. The summed E-state index contributed by atoms with van der Waals surface area (Å²) in [5.41, 5.74) is -0.159. The van der Waals surface area contributed by atoms with E-state index in [4.69, 9.17) is 0 Å². The molecule has 0 saturated carbocycles. The van der Waals surface area contributed by atoms with Gasteiger partial charge in [-0.1, -0.05) is 4.49 Å². The summed E-state index contributed by atoms with van der Waals surface area (Å²) in [5, 5.41) is 5.49. The molecule has 0 aliphatic heterocycles. The minimum absolute atomic E-state index is 0.205. The predicted octanol–water partition coefficient (Wildman–Crippen LogP) is -0.542. The fourth-order valence-electron chi connectivity index (χ4n) is 1.32. The summed E-state index contributed by atoms with van der Waals surface area (Å²) in [6.45, 7) is 0. The summed E-state index contributed by atoms with van der Waals surface area (Å²) in [4.78, 5) is 33.7. The minimum Gasteiger partial charge on any atom is -0.331 e. The Bertz CT molecular complexity index is 751. The number of fused-ring (bicyclic) bond motifs is 1. The van der Waals surface area contributed by atoms with Gasteiger partial charge in [-0.2, -0.15) is 0 Å². The lowest BCUT2D eigenvalue weighted by Gasteiger charge is -1.83. The molecule has 3 N–H and O–H groups in total. The molecule has 0 saturated heterocycles.